The standard InChI is InChI=1S/C15H24N2O/c1-11-4-7-13(8-5-11)17(3)14(10-16)15-9-6-12(2)18-15/h4-5,7-8,12,14-15H,6,9-10,16H2,1-3H3. The molecular weight excluding hydrogens is 224 g/mol. The van der Waals surface area contributed by atoms with Gasteiger partial charge in [-0.15, -0.1) is 0 Å². The van der Waals surface area contributed by atoms with Crippen molar-refractivity contribution in [2.75, 3.05) is 18.5 Å². The van der Waals surface area contributed by atoms with Crippen molar-refractivity contribution in [3.63, 3.8) is 0 Å². The van der Waals surface area contributed by atoms with Gasteiger partial charge in [-0.3, -0.25) is 0 Å². The molecule has 0 saturated carbocycles. The number of nitrogens with zero attached hydrogens (tertiary/aromatic N) is 1. The SMILES string of the molecule is Cc1ccc(N(C)C(CN)C2CCC(C)O2)cc1. The van der Waals surface area contributed by atoms with Gasteiger partial charge in [0.15, 0.2) is 0 Å². The van der Waals surface area contributed by atoms with Crippen molar-refractivity contribution < 1.29 is 4.74 Å². The zero-order valence-corrected chi connectivity index (χ0v) is 11.6. The van der Waals surface area contributed by atoms with Crippen LogP contribution in [0.15, 0.2) is 24.3 Å². The molecule has 0 spiro atoms. The third-order valence-corrected chi connectivity index (χ3v) is 3.87. The summed E-state index contributed by atoms with van der Waals surface area (Å²) in [7, 11) is 2.11. The second-order valence-corrected chi connectivity index (χ2v) is 5.31. The fourth-order valence-electron chi connectivity index (χ4n) is 2.65. The molecule has 3 atom stereocenters. The molecule has 3 nitrogen and oxygen atoms in total. The van der Waals surface area contributed by atoms with Gasteiger partial charge in [0.05, 0.1) is 18.2 Å². The summed E-state index contributed by atoms with van der Waals surface area (Å²) in [5.74, 6) is 0. The quantitative estimate of drug-likeness (QED) is 0.888. The lowest BCUT2D eigenvalue weighted by Crippen LogP contribution is -2.46. The van der Waals surface area contributed by atoms with E-state index >= 15 is 0 Å². The fourth-order valence-corrected chi connectivity index (χ4v) is 2.65. The molecule has 0 bridgehead atoms. The summed E-state index contributed by atoms with van der Waals surface area (Å²) in [6.07, 6.45) is 2.88. The maximum Gasteiger partial charge on any atom is 0.0794 e. The number of rotatable bonds is 4. The average Bonchev–Trinajstić information content (AvgIpc) is 2.77. The van der Waals surface area contributed by atoms with E-state index in [0.717, 1.165) is 12.8 Å². The molecule has 0 amide bonds. The Morgan fingerprint density at radius 2 is 2.00 bits per heavy atom. The number of hydrogen-bond acceptors (Lipinski definition) is 3. The van der Waals surface area contributed by atoms with Crippen LogP contribution in [0.5, 0.6) is 0 Å². The topological polar surface area (TPSA) is 38.5 Å². The number of nitrogens with two attached hydrogens (primary N) is 1. The molecular formula is C15H24N2O. The smallest absolute Gasteiger partial charge is 0.0794 e. The predicted octanol–water partition coefficient (Wildman–Crippen LogP) is 2.33. The molecule has 1 fully saturated rings. The molecule has 100 valence electrons. The first-order chi connectivity index (χ1) is 8.61. The van der Waals surface area contributed by atoms with Gasteiger partial charge in [0.25, 0.3) is 0 Å². The van der Waals surface area contributed by atoms with Crippen LogP contribution < -0.4 is 10.6 Å². The van der Waals surface area contributed by atoms with Gasteiger partial charge in [0, 0.05) is 19.3 Å². The van der Waals surface area contributed by atoms with E-state index in [-0.39, 0.29) is 12.1 Å². The van der Waals surface area contributed by atoms with E-state index < -0.39 is 0 Å². The van der Waals surface area contributed by atoms with Crippen molar-refractivity contribution in [2.24, 2.45) is 5.73 Å². The van der Waals surface area contributed by atoms with Gasteiger partial charge in [0.2, 0.25) is 0 Å². The predicted molar refractivity (Wildman–Crippen MR) is 76.0 cm³/mol. The van der Waals surface area contributed by atoms with Crippen LogP contribution in [0, 0.1) is 6.92 Å². The first-order valence-electron chi connectivity index (χ1n) is 6.77. The van der Waals surface area contributed by atoms with Crippen molar-refractivity contribution in [3.05, 3.63) is 29.8 Å². The van der Waals surface area contributed by atoms with Gasteiger partial charge >= 0.3 is 0 Å². The minimum Gasteiger partial charge on any atom is -0.373 e. The zero-order valence-electron chi connectivity index (χ0n) is 11.6. The number of ether oxygens (including phenoxy) is 1. The minimum atomic E-state index is 0.260. The Kier molecular flexibility index (Phi) is 4.25. The van der Waals surface area contributed by atoms with E-state index in [2.05, 4.69) is 50.1 Å². The van der Waals surface area contributed by atoms with Crippen LogP contribution in [0.25, 0.3) is 0 Å². The second kappa shape index (κ2) is 5.72. The Morgan fingerprint density at radius 1 is 1.33 bits per heavy atom. The Morgan fingerprint density at radius 3 is 2.50 bits per heavy atom. The third kappa shape index (κ3) is 2.85. The first kappa shape index (κ1) is 13.4. The Balaban J connectivity index is 2.09. The number of anilines is 1. The van der Waals surface area contributed by atoms with Crippen molar-refractivity contribution in [1.82, 2.24) is 0 Å². The number of aryl methyl sites for hydroxylation is 1. The van der Waals surface area contributed by atoms with Gasteiger partial charge in [-0.1, -0.05) is 17.7 Å². The molecule has 2 rings (SSSR count). The summed E-state index contributed by atoms with van der Waals surface area (Å²) in [6, 6.07) is 8.83. The van der Waals surface area contributed by atoms with E-state index in [4.69, 9.17) is 10.5 Å². The van der Waals surface area contributed by atoms with Crippen molar-refractivity contribution in [2.45, 2.75) is 44.9 Å². The Hall–Kier alpha value is -1.06. The van der Waals surface area contributed by atoms with E-state index in [1.807, 2.05) is 0 Å². The number of benzene rings is 1. The third-order valence-electron chi connectivity index (χ3n) is 3.87. The second-order valence-electron chi connectivity index (χ2n) is 5.31. The van der Waals surface area contributed by atoms with Gasteiger partial charge in [-0.25, -0.2) is 0 Å². The monoisotopic (exact) mass is 248 g/mol. The summed E-state index contributed by atoms with van der Waals surface area (Å²) in [5.41, 5.74) is 8.43. The molecule has 1 saturated heterocycles. The highest BCUT2D eigenvalue weighted by atomic mass is 16.5. The van der Waals surface area contributed by atoms with Crippen LogP contribution >= 0.6 is 0 Å². The van der Waals surface area contributed by atoms with Crippen LogP contribution in [0.3, 0.4) is 0 Å². The first-order valence-corrected chi connectivity index (χ1v) is 6.77. The molecule has 0 aliphatic carbocycles. The highest BCUT2D eigenvalue weighted by Gasteiger charge is 2.31. The Bertz CT molecular complexity index is 377. The van der Waals surface area contributed by atoms with Crippen LogP contribution in [0.1, 0.15) is 25.3 Å². The molecule has 0 radical (unpaired) electrons. The summed E-state index contributed by atoms with van der Waals surface area (Å²) in [6.45, 7) is 4.87. The molecule has 1 aliphatic rings. The minimum absolute atomic E-state index is 0.260. The highest BCUT2D eigenvalue weighted by molar-refractivity contribution is 5.48. The van der Waals surface area contributed by atoms with Crippen molar-refractivity contribution in [3.8, 4) is 0 Å². The van der Waals surface area contributed by atoms with Crippen LogP contribution in [-0.4, -0.2) is 31.8 Å². The van der Waals surface area contributed by atoms with E-state index in [1.165, 1.54) is 11.3 Å². The summed E-state index contributed by atoms with van der Waals surface area (Å²) < 4.78 is 5.96. The molecule has 2 N–H and O–H groups in total. The van der Waals surface area contributed by atoms with Crippen LogP contribution in [0.4, 0.5) is 5.69 Å². The van der Waals surface area contributed by atoms with Crippen LogP contribution in [-0.2, 0) is 4.74 Å². The molecule has 3 heteroatoms. The average molecular weight is 248 g/mol. The number of likely N-dealkylation sites (N-methyl/N-ethyl adjacent to an activating group) is 1. The molecule has 1 heterocycles. The molecule has 1 aromatic carbocycles. The normalized spacial score (nSPS) is 25.1. The van der Waals surface area contributed by atoms with Crippen molar-refractivity contribution >= 4 is 5.69 Å². The Labute approximate surface area is 110 Å². The number of hydrogen-bond donors (Lipinski definition) is 1. The lowest BCUT2D eigenvalue weighted by molar-refractivity contribution is 0.0411. The molecule has 3 unspecified atom stereocenters. The lowest BCUT2D eigenvalue weighted by Gasteiger charge is -2.33. The zero-order chi connectivity index (χ0) is 13.1. The van der Waals surface area contributed by atoms with E-state index in [0.29, 0.717) is 12.6 Å². The maximum absolute atomic E-state index is 5.96. The molecule has 1 aliphatic heterocycles. The van der Waals surface area contributed by atoms with Crippen molar-refractivity contribution in [1.29, 1.82) is 0 Å². The molecule has 0 aromatic heterocycles. The largest absolute Gasteiger partial charge is 0.373 e. The van der Waals surface area contributed by atoms with Gasteiger partial charge in [0.1, 0.15) is 0 Å². The van der Waals surface area contributed by atoms with Gasteiger partial charge in [-0.2, -0.15) is 0 Å². The molecule has 18 heavy (non-hydrogen) atoms. The maximum atomic E-state index is 5.96. The van der Waals surface area contributed by atoms with Crippen LogP contribution in [0.2, 0.25) is 0 Å². The fraction of sp³-hybridized carbons (Fsp3) is 0.600. The summed E-state index contributed by atoms with van der Waals surface area (Å²) >= 11 is 0. The van der Waals surface area contributed by atoms with E-state index in [9.17, 15) is 0 Å². The lowest BCUT2D eigenvalue weighted by atomic mass is 10.1. The summed E-state index contributed by atoms with van der Waals surface area (Å²) in [5, 5.41) is 0. The van der Waals surface area contributed by atoms with E-state index in [1.54, 1.807) is 0 Å². The molecule has 1 aromatic rings. The summed E-state index contributed by atoms with van der Waals surface area (Å²) in [4.78, 5) is 2.25. The van der Waals surface area contributed by atoms with Gasteiger partial charge < -0.3 is 15.4 Å². The highest BCUT2D eigenvalue weighted by Crippen LogP contribution is 2.26. The van der Waals surface area contributed by atoms with Gasteiger partial charge in [-0.05, 0) is 38.8 Å².